The van der Waals surface area contributed by atoms with Crippen molar-refractivity contribution in [1.82, 2.24) is 14.9 Å². The standard InChI is InChI=1S/C17H11F17N4O/c18-10(19,8(39)37-4-6-38(7-5-37)9-35-2-1-3-36-9)11(20,21)12(22,23)13(24,25)14(26,27)15(28,29)16(30,31)17(32,33)34/h1-3H,4-7H2. The highest BCUT2D eigenvalue weighted by molar-refractivity contribution is 5.85. The molecule has 1 saturated heterocycles. The molecular weight excluding hydrogens is 599 g/mol. The zero-order valence-electron chi connectivity index (χ0n) is 18.2. The van der Waals surface area contributed by atoms with Gasteiger partial charge < -0.3 is 9.80 Å². The maximum absolute atomic E-state index is 14.2. The van der Waals surface area contributed by atoms with Crippen LogP contribution in [0.25, 0.3) is 0 Å². The van der Waals surface area contributed by atoms with Crippen LogP contribution >= 0.6 is 0 Å². The van der Waals surface area contributed by atoms with Gasteiger partial charge in [-0.1, -0.05) is 0 Å². The smallest absolute Gasteiger partial charge is 0.337 e. The molecule has 0 saturated carbocycles. The number of hydrogen-bond donors (Lipinski definition) is 0. The summed E-state index contributed by atoms with van der Waals surface area (Å²) in [5.41, 5.74) is 0. The molecule has 0 aliphatic carbocycles. The van der Waals surface area contributed by atoms with Gasteiger partial charge in [0, 0.05) is 38.6 Å². The zero-order chi connectivity index (χ0) is 30.7. The van der Waals surface area contributed by atoms with Gasteiger partial charge in [-0.15, -0.1) is 0 Å². The van der Waals surface area contributed by atoms with Gasteiger partial charge in [0.15, 0.2) is 0 Å². The van der Waals surface area contributed by atoms with Crippen molar-refractivity contribution >= 4 is 11.9 Å². The topological polar surface area (TPSA) is 49.3 Å². The Morgan fingerprint density at radius 2 is 0.923 bits per heavy atom. The number of anilines is 1. The fourth-order valence-corrected chi connectivity index (χ4v) is 3.06. The molecule has 0 unspecified atom stereocenters. The van der Waals surface area contributed by atoms with Crippen molar-refractivity contribution in [3.05, 3.63) is 18.5 Å². The largest absolute Gasteiger partial charge is 0.460 e. The second kappa shape index (κ2) is 9.37. The molecule has 1 aliphatic heterocycles. The minimum Gasteiger partial charge on any atom is -0.337 e. The van der Waals surface area contributed by atoms with E-state index in [0.29, 0.717) is 0 Å². The molecule has 22 heteroatoms. The van der Waals surface area contributed by atoms with Gasteiger partial charge in [-0.2, -0.15) is 74.6 Å². The molecule has 2 heterocycles. The van der Waals surface area contributed by atoms with E-state index in [1.54, 1.807) is 0 Å². The van der Waals surface area contributed by atoms with Crippen molar-refractivity contribution in [3.63, 3.8) is 0 Å². The van der Waals surface area contributed by atoms with Crippen LogP contribution in [0, 0.1) is 0 Å². The first-order chi connectivity index (χ1) is 17.2. The van der Waals surface area contributed by atoms with Crippen LogP contribution in [0.3, 0.4) is 0 Å². The van der Waals surface area contributed by atoms with Crippen LogP contribution in [0.4, 0.5) is 80.6 Å². The Bertz CT molecular complexity index is 1040. The summed E-state index contributed by atoms with van der Waals surface area (Å²) in [5, 5.41) is 0. The number of amides is 1. The molecule has 0 aromatic carbocycles. The highest BCUT2D eigenvalue weighted by atomic mass is 19.4. The van der Waals surface area contributed by atoms with E-state index in [9.17, 15) is 79.4 Å². The summed E-state index contributed by atoms with van der Waals surface area (Å²) < 4.78 is 227. The molecule has 0 atom stereocenters. The average Bonchev–Trinajstić information content (AvgIpc) is 2.82. The fourth-order valence-electron chi connectivity index (χ4n) is 3.06. The number of nitrogens with zero attached hydrogens (tertiary/aromatic N) is 4. The lowest BCUT2D eigenvalue weighted by atomic mass is 9.88. The van der Waals surface area contributed by atoms with Crippen LogP contribution in [0.2, 0.25) is 0 Å². The third-order valence-corrected chi connectivity index (χ3v) is 5.39. The Labute approximate surface area is 204 Å². The van der Waals surface area contributed by atoms with Crippen LogP contribution in [-0.4, -0.2) is 94.6 Å². The number of halogens is 17. The van der Waals surface area contributed by atoms with Gasteiger partial charge in [0.25, 0.3) is 5.91 Å². The van der Waals surface area contributed by atoms with E-state index in [-0.39, 0.29) is 10.8 Å². The first kappa shape index (κ1) is 32.4. The number of rotatable bonds is 8. The maximum Gasteiger partial charge on any atom is 0.460 e. The summed E-state index contributed by atoms with van der Waals surface area (Å²) in [7, 11) is 0. The molecule has 39 heavy (non-hydrogen) atoms. The molecule has 0 N–H and O–H groups in total. The lowest BCUT2D eigenvalue weighted by Crippen LogP contribution is -2.75. The highest BCUT2D eigenvalue weighted by Gasteiger charge is 2.95. The summed E-state index contributed by atoms with van der Waals surface area (Å²) in [4.78, 5) is 20.1. The second-order valence-corrected chi connectivity index (χ2v) is 7.85. The van der Waals surface area contributed by atoms with E-state index < -0.39 is 79.7 Å². The Kier molecular flexibility index (Phi) is 7.78. The van der Waals surface area contributed by atoms with Crippen molar-refractivity contribution in [3.8, 4) is 0 Å². The second-order valence-electron chi connectivity index (χ2n) is 7.85. The maximum atomic E-state index is 14.2. The van der Waals surface area contributed by atoms with E-state index in [2.05, 4.69) is 9.97 Å². The van der Waals surface area contributed by atoms with Gasteiger partial charge in [-0.3, -0.25) is 4.79 Å². The van der Waals surface area contributed by atoms with Gasteiger partial charge in [-0.25, -0.2) is 9.97 Å². The van der Waals surface area contributed by atoms with Gasteiger partial charge in [0.05, 0.1) is 0 Å². The molecule has 1 aromatic rings. The van der Waals surface area contributed by atoms with Crippen molar-refractivity contribution in [1.29, 1.82) is 0 Å². The summed E-state index contributed by atoms with van der Waals surface area (Å²) >= 11 is 0. The molecule has 224 valence electrons. The van der Waals surface area contributed by atoms with Gasteiger partial charge in [0.2, 0.25) is 5.95 Å². The minimum atomic E-state index is -8.74. The predicted molar refractivity (Wildman–Crippen MR) is 91.5 cm³/mol. The van der Waals surface area contributed by atoms with E-state index in [1.165, 1.54) is 18.5 Å². The molecule has 2 rings (SSSR count). The van der Waals surface area contributed by atoms with Crippen molar-refractivity contribution < 1.29 is 79.4 Å². The highest BCUT2D eigenvalue weighted by Crippen LogP contribution is 2.64. The molecule has 5 nitrogen and oxygen atoms in total. The number of piperazine rings is 1. The lowest BCUT2D eigenvalue weighted by Gasteiger charge is -2.43. The number of alkyl halides is 17. The number of aromatic nitrogens is 2. The molecule has 1 fully saturated rings. The third kappa shape index (κ3) is 4.55. The monoisotopic (exact) mass is 610 g/mol. The van der Waals surface area contributed by atoms with Crippen LogP contribution < -0.4 is 4.90 Å². The Balaban J connectivity index is 2.40. The molecule has 1 aliphatic rings. The normalized spacial score (nSPS) is 17.5. The fraction of sp³-hybridized carbons (Fsp3) is 0.706. The summed E-state index contributed by atoms with van der Waals surface area (Å²) in [6.45, 7) is -3.23. The van der Waals surface area contributed by atoms with Gasteiger partial charge in [0.1, 0.15) is 0 Å². The SMILES string of the molecule is O=C(N1CCN(c2ncccn2)CC1)C(F)(F)C(F)(F)C(F)(F)C(F)(F)C(F)(F)C(F)(F)C(F)(F)C(F)(F)F. The molecule has 1 aromatic heterocycles. The molecule has 1 amide bonds. The van der Waals surface area contributed by atoms with Crippen molar-refractivity contribution in [2.24, 2.45) is 0 Å². The van der Waals surface area contributed by atoms with E-state index in [1.807, 2.05) is 0 Å². The zero-order valence-corrected chi connectivity index (χ0v) is 18.2. The van der Waals surface area contributed by atoms with E-state index >= 15 is 0 Å². The molecule has 0 spiro atoms. The summed E-state index contributed by atoms with van der Waals surface area (Å²) in [5.74, 6) is -61.5. The van der Waals surface area contributed by atoms with E-state index in [4.69, 9.17) is 0 Å². The van der Waals surface area contributed by atoms with Crippen molar-refractivity contribution in [2.45, 2.75) is 47.6 Å². The molecule has 0 radical (unpaired) electrons. The molecular formula is C17H11F17N4O. The Morgan fingerprint density at radius 1 is 0.564 bits per heavy atom. The lowest BCUT2D eigenvalue weighted by molar-refractivity contribution is -0.459. The number of carbonyl (C=O) groups excluding carboxylic acids is 1. The third-order valence-electron chi connectivity index (χ3n) is 5.39. The van der Waals surface area contributed by atoms with Crippen LogP contribution in [-0.2, 0) is 4.79 Å². The minimum absolute atomic E-state index is 0.105. The first-order valence-electron chi connectivity index (χ1n) is 9.76. The first-order valence-corrected chi connectivity index (χ1v) is 9.76. The quantitative estimate of drug-likeness (QED) is 0.383. The Morgan fingerprint density at radius 3 is 1.31 bits per heavy atom. The Hall–Kier alpha value is -2.84. The summed E-state index contributed by atoms with van der Waals surface area (Å²) in [6.07, 6.45) is -5.47. The van der Waals surface area contributed by atoms with E-state index in [0.717, 1.165) is 4.90 Å². The summed E-state index contributed by atoms with van der Waals surface area (Å²) in [6, 6.07) is 1.32. The number of carbonyl (C=O) groups is 1. The number of hydrogen-bond acceptors (Lipinski definition) is 4. The average molecular weight is 610 g/mol. The van der Waals surface area contributed by atoms with Gasteiger partial charge in [-0.05, 0) is 6.07 Å². The van der Waals surface area contributed by atoms with Crippen molar-refractivity contribution in [2.75, 3.05) is 31.1 Å². The van der Waals surface area contributed by atoms with Gasteiger partial charge >= 0.3 is 47.6 Å². The predicted octanol–water partition coefficient (Wildman–Crippen LogP) is 5.13. The van der Waals surface area contributed by atoms with Crippen LogP contribution in [0.5, 0.6) is 0 Å². The van der Waals surface area contributed by atoms with Crippen LogP contribution in [0.15, 0.2) is 18.5 Å². The molecule has 0 bridgehead atoms. The van der Waals surface area contributed by atoms with Crippen LogP contribution in [0.1, 0.15) is 0 Å².